The first kappa shape index (κ1) is 9.94. The lowest BCUT2D eigenvalue weighted by molar-refractivity contribution is 0.599. The maximum atomic E-state index is 10.4. The number of nitrogens with zero attached hydrogens (tertiary/aromatic N) is 1. The Labute approximate surface area is 80.8 Å². The van der Waals surface area contributed by atoms with Gasteiger partial charge in [-0.2, -0.15) is 0 Å². The summed E-state index contributed by atoms with van der Waals surface area (Å²) < 4.78 is 26.7. The van der Waals surface area contributed by atoms with Crippen molar-refractivity contribution in [1.82, 2.24) is 9.10 Å². The molecule has 1 aliphatic rings. The zero-order chi connectivity index (χ0) is 9.57. The third-order valence-electron chi connectivity index (χ3n) is 1.04. The van der Waals surface area contributed by atoms with Gasteiger partial charge in [0.15, 0.2) is 0 Å². The molecule has 13 heavy (non-hydrogen) atoms. The van der Waals surface area contributed by atoms with Gasteiger partial charge >= 0.3 is 0 Å². The van der Waals surface area contributed by atoms with E-state index in [9.17, 15) is 8.42 Å². The summed E-state index contributed by atoms with van der Waals surface area (Å²) in [7, 11) is -3.10. The molecule has 4 nitrogen and oxygen atoms in total. The van der Waals surface area contributed by atoms with Crippen LogP contribution in [0.3, 0.4) is 0 Å². The van der Waals surface area contributed by atoms with Crippen molar-refractivity contribution in [2.24, 2.45) is 0 Å². The maximum Gasteiger partial charge on any atom is 0.254 e. The first-order valence-corrected chi connectivity index (χ1v) is 5.79. The Morgan fingerprint density at radius 2 is 2.15 bits per heavy atom. The predicted octanol–water partition coefficient (Wildman–Crippen LogP) is 1.09. The summed E-state index contributed by atoms with van der Waals surface area (Å²) in [6, 6.07) is 1.91. The van der Waals surface area contributed by atoms with Crippen LogP contribution < -0.4 is 4.72 Å². The van der Waals surface area contributed by atoms with Gasteiger partial charge in [0.05, 0.1) is 5.41 Å². The Morgan fingerprint density at radius 3 is 2.38 bits per heavy atom. The zero-order valence-electron chi connectivity index (χ0n) is 6.62. The van der Waals surface area contributed by atoms with Crippen LogP contribution in [0.4, 0.5) is 0 Å². The summed E-state index contributed by atoms with van der Waals surface area (Å²) in [5.41, 5.74) is 0. The Bertz CT molecular complexity index is 361. The number of allylic oxidation sites excluding steroid dienone is 2. The van der Waals surface area contributed by atoms with E-state index >= 15 is 0 Å². The van der Waals surface area contributed by atoms with Crippen molar-refractivity contribution in [3.8, 4) is 0 Å². The van der Waals surface area contributed by atoms with E-state index in [2.05, 4.69) is 9.10 Å². The molecule has 0 radical (unpaired) electrons. The van der Waals surface area contributed by atoms with Gasteiger partial charge in [-0.3, -0.25) is 4.72 Å². The lowest BCUT2D eigenvalue weighted by Crippen LogP contribution is -2.15. The van der Waals surface area contributed by atoms with Crippen LogP contribution in [0.5, 0.6) is 0 Å². The minimum Gasteiger partial charge on any atom is -0.287 e. The molecule has 0 aliphatic carbocycles. The molecular formula is C7H8N2O2S2. The number of aromatic nitrogens is 1. The molecule has 0 bridgehead atoms. The number of rotatable bonds is 0. The number of hydrogen-bond donors (Lipinski definition) is 1. The van der Waals surface area contributed by atoms with Crippen molar-refractivity contribution >= 4 is 21.6 Å². The Kier molecular flexibility index (Phi) is 3.66. The van der Waals surface area contributed by atoms with Crippen molar-refractivity contribution < 1.29 is 8.42 Å². The van der Waals surface area contributed by atoms with Crippen molar-refractivity contribution in [2.45, 2.75) is 0 Å². The molecule has 6 heteroatoms. The monoisotopic (exact) mass is 216 g/mol. The molecular weight excluding hydrogens is 208 g/mol. The Morgan fingerprint density at radius 1 is 1.31 bits per heavy atom. The summed E-state index contributed by atoms with van der Waals surface area (Å²) in [5.74, 6) is 0. The van der Waals surface area contributed by atoms with Gasteiger partial charge < -0.3 is 0 Å². The molecule has 0 spiro atoms. The molecule has 70 valence electrons. The summed E-state index contributed by atoms with van der Waals surface area (Å²) in [5, 5.41) is 3.03. The first-order valence-electron chi connectivity index (χ1n) is 3.40. The lowest BCUT2D eigenvalue weighted by atomic mass is 10.6. The molecule has 0 amide bonds. The van der Waals surface area contributed by atoms with Crippen molar-refractivity contribution in [3.63, 3.8) is 0 Å². The Balaban J connectivity index is 0.000000145. The number of sulfonamides is 1. The first-order chi connectivity index (χ1) is 6.21. The van der Waals surface area contributed by atoms with Crippen LogP contribution in [0.25, 0.3) is 0 Å². The van der Waals surface area contributed by atoms with Crippen molar-refractivity contribution in [3.05, 3.63) is 41.4 Å². The van der Waals surface area contributed by atoms with Gasteiger partial charge in [-0.25, -0.2) is 12.8 Å². The molecule has 0 saturated heterocycles. The number of hydrogen-bond acceptors (Lipinski definition) is 4. The highest BCUT2D eigenvalue weighted by Gasteiger charge is 2.00. The highest BCUT2D eigenvalue weighted by Crippen LogP contribution is 1.92. The molecule has 0 atom stereocenters. The van der Waals surface area contributed by atoms with Crippen LogP contribution in [0.15, 0.2) is 41.4 Å². The fourth-order valence-corrected chi connectivity index (χ4v) is 1.55. The standard InChI is InChI=1S/C4H5NO2S.C3H3NS/c6-8(7)4-2-1-3-5-8;1-2-4-5-3-1/h1-5H;1-3H. The molecule has 1 aromatic heterocycles. The molecule has 2 heterocycles. The second kappa shape index (κ2) is 4.78. The third-order valence-corrected chi connectivity index (χ3v) is 2.55. The topological polar surface area (TPSA) is 59.1 Å². The van der Waals surface area contributed by atoms with Crippen LogP contribution in [0, 0.1) is 0 Å². The van der Waals surface area contributed by atoms with Crippen molar-refractivity contribution in [1.29, 1.82) is 0 Å². The fourth-order valence-electron chi connectivity index (χ4n) is 0.553. The fraction of sp³-hybridized carbons (Fsp3) is 0. The van der Waals surface area contributed by atoms with E-state index in [1.54, 1.807) is 12.3 Å². The van der Waals surface area contributed by atoms with E-state index in [-0.39, 0.29) is 0 Å². The highest BCUT2D eigenvalue weighted by atomic mass is 32.2. The van der Waals surface area contributed by atoms with E-state index in [1.165, 1.54) is 23.8 Å². The second-order valence-electron chi connectivity index (χ2n) is 2.04. The Hall–Kier alpha value is -1.14. The van der Waals surface area contributed by atoms with Gasteiger partial charge in [-0.15, -0.1) is 0 Å². The SMILES string of the molecule is O=S1(=O)C=CC=CN1.c1cnsc1. The molecule has 0 aromatic carbocycles. The molecule has 0 saturated carbocycles. The predicted molar refractivity (Wildman–Crippen MR) is 52.4 cm³/mol. The molecule has 2 rings (SSSR count). The average molecular weight is 216 g/mol. The average Bonchev–Trinajstić information content (AvgIpc) is 2.60. The lowest BCUT2D eigenvalue weighted by Gasteiger charge is -1.98. The normalized spacial score (nSPS) is 16.9. The minimum atomic E-state index is -3.10. The molecule has 1 aromatic rings. The van der Waals surface area contributed by atoms with Crippen LogP contribution >= 0.6 is 11.5 Å². The van der Waals surface area contributed by atoms with E-state index in [4.69, 9.17) is 0 Å². The van der Waals surface area contributed by atoms with Crippen LogP contribution in [-0.4, -0.2) is 12.8 Å². The van der Waals surface area contributed by atoms with Gasteiger partial charge in [-0.05, 0) is 29.8 Å². The minimum absolute atomic E-state index is 1.10. The van der Waals surface area contributed by atoms with E-state index < -0.39 is 10.0 Å². The summed E-state index contributed by atoms with van der Waals surface area (Å²) in [4.78, 5) is 0. The second-order valence-corrected chi connectivity index (χ2v) is 4.33. The highest BCUT2D eigenvalue weighted by molar-refractivity contribution is 7.92. The zero-order valence-corrected chi connectivity index (χ0v) is 8.25. The maximum absolute atomic E-state index is 10.4. The summed E-state index contributed by atoms with van der Waals surface area (Å²) in [6.45, 7) is 0. The molecule has 1 aliphatic heterocycles. The van der Waals surface area contributed by atoms with E-state index in [0.717, 1.165) is 5.41 Å². The van der Waals surface area contributed by atoms with Gasteiger partial charge in [0.1, 0.15) is 0 Å². The molecule has 0 unspecified atom stereocenters. The van der Waals surface area contributed by atoms with Crippen LogP contribution in [0.1, 0.15) is 0 Å². The van der Waals surface area contributed by atoms with E-state index in [0.29, 0.717) is 0 Å². The van der Waals surface area contributed by atoms with Gasteiger partial charge in [0.25, 0.3) is 10.0 Å². The van der Waals surface area contributed by atoms with E-state index in [1.807, 2.05) is 11.4 Å². The van der Waals surface area contributed by atoms with Gasteiger partial charge in [0.2, 0.25) is 0 Å². The van der Waals surface area contributed by atoms with Gasteiger partial charge in [0, 0.05) is 17.8 Å². The quantitative estimate of drug-likeness (QED) is 0.706. The van der Waals surface area contributed by atoms with Crippen LogP contribution in [-0.2, 0) is 10.0 Å². The third kappa shape index (κ3) is 4.44. The molecule has 1 N–H and O–H groups in total. The van der Waals surface area contributed by atoms with Gasteiger partial charge in [-0.1, -0.05) is 0 Å². The largest absolute Gasteiger partial charge is 0.287 e. The smallest absolute Gasteiger partial charge is 0.254 e. The number of nitrogens with one attached hydrogen (secondary N) is 1. The summed E-state index contributed by atoms with van der Waals surface area (Å²) in [6.07, 6.45) is 6.22. The summed E-state index contributed by atoms with van der Waals surface area (Å²) >= 11 is 1.46. The van der Waals surface area contributed by atoms with Crippen LogP contribution in [0.2, 0.25) is 0 Å². The molecule has 0 fully saturated rings. The van der Waals surface area contributed by atoms with Crippen molar-refractivity contribution in [2.75, 3.05) is 0 Å².